The normalized spacial score (nSPS) is 15.7. The summed E-state index contributed by atoms with van der Waals surface area (Å²) < 4.78 is 95.1. The molecule has 3 aromatic rings. The molecule has 202 valence electrons. The molecular formula is C26H17F7N4O2. The van der Waals surface area contributed by atoms with Gasteiger partial charge in [0.05, 0.1) is 23.6 Å². The maximum Gasteiger partial charge on any atom is 0.416 e. The number of primary amides is 1. The molecule has 1 unspecified atom stereocenters. The van der Waals surface area contributed by atoms with E-state index < -0.39 is 52.6 Å². The fraction of sp³-hybridized carbons (Fsp3) is 0.231. The van der Waals surface area contributed by atoms with E-state index in [0.717, 1.165) is 17.0 Å². The quantitative estimate of drug-likeness (QED) is 0.373. The van der Waals surface area contributed by atoms with Crippen molar-refractivity contribution in [3.63, 3.8) is 0 Å². The van der Waals surface area contributed by atoms with E-state index in [1.165, 1.54) is 18.2 Å². The van der Waals surface area contributed by atoms with E-state index in [4.69, 9.17) is 5.73 Å². The fourth-order valence-corrected chi connectivity index (χ4v) is 4.22. The third kappa shape index (κ3) is 6.00. The van der Waals surface area contributed by atoms with Crippen molar-refractivity contribution in [3.05, 3.63) is 88.0 Å². The second kappa shape index (κ2) is 10.4. The highest BCUT2D eigenvalue weighted by Gasteiger charge is 2.42. The first-order valence-corrected chi connectivity index (χ1v) is 11.3. The van der Waals surface area contributed by atoms with Crippen LogP contribution in [0.3, 0.4) is 0 Å². The minimum Gasteiger partial charge on any atom is -0.364 e. The number of amides is 2. The molecule has 39 heavy (non-hydrogen) atoms. The summed E-state index contributed by atoms with van der Waals surface area (Å²) in [5.41, 5.74) is 1.90. The van der Waals surface area contributed by atoms with Gasteiger partial charge in [-0.25, -0.2) is 4.39 Å². The van der Waals surface area contributed by atoms with Crippen LogP contribution in [0.15, 0.2) is 48.5 Å². The number of carbonyl (C=O) groups excluding carboxylic acids is 2. The molecule has 6 nitrogen and oxygen atoms in total. The molecule has 1 aromatic heterocycles. The summed E-state index contributed by atoms with van der Waals surface area (Å²) >= 11 is 0. The summed E-state index contributed by atoms with van der Waals surface area (Å²) in [6.07, 6.45) is -10.4. The Hall–Kier alpha value is -4.47. The van der Waals surface area contributed by atoms with Crippen molar-refractivity contribution in [2.75, 3.05) is 11.4 Å². The number of rotatable bonds is 3. The zero-order valence-corrected chi connectivity index (χ0v) is 19.7. The number of aromatic nitrogens is 2. The molecule has 0 fully saturated rings. The SMILES string of the molecule is NC(=O)c1ccc(C#CCN2C(=O)C(c3ccc(C(F)(F)F)cc3C(F)(F)F)CCc3cc(F)ccc32)nn1. The molecule has 4 rings (SSSR count). The van der Waals surface area contributed by atoms with Gasteiger partial charge >= 0.3 is 12.4 Å². The molecule has 2 amide bonds. The van der Waals surface area contributed by atoms with Gasteiger partial charge in [-0.2, -0.15) is 26.3 Å². The molecule has 0 radical (unpaired) electrons. The Kier molecular flexibility index (Phi) is 7.32. The average molecular weight is 550 g/mol. The van der Waals surface area contributed by atoms with Crippen molar-refractivity contribution >= 4 is 17.5 Å². The summed E-state index contributed by atoms with van der Waals surface area (Å²) in [5.74, 6) is 1.47. The summed E-state index contributed by atoms with van der Waals surface area (Å²) in [4.78, 5) is 25.8. The van der Waals surface area contributed by atoms with Gasteiger partial charge in [0.15, 0.2) is 5.69 Å². The molecule has 1 aliphatic heterocycles. The van der Waals surface area contributed by atoms with Crippen LogP contribution in [0.1, 0.15) is 50.8 Å². The zero-order valence-electron chi connectivity index (χ0n) is 19.7. The molecule has 2 N–H and O–H groups in total. The monoisotopic (exact) mass is 550 g/mol. The van der Waals surface area contributed by atoms with E-state index in [0.29, 0.717) is 17.7 Å². The van der Waals surface area contributed by atoms with E-state index in [1.807, 2.05) is 0 Å². The minimum absolute atomic E-state index is 0.0150. The number of hydrogen-bond donors (Lipinski definition) is 1. The Morgan fingerprint density at radius 1 is 1.00 bits per heavy atom. The molecule has 0 aliphatic carbocycles. The number of halogens is 7. The largest absolute Gasteiger partial charge is 0.416 e. The Morgan fingerprint density at radius 2 is 1.74 bits per heavy atom. The maximum absolute atomic E-state index is 14.0. The number of carbonyl (C=O) groups is 2. The molecule has 2 heterocycles. The van der Waals surface area contributed by atoms with Crippen LogP contribution >= 0.6 is 0 Å². The number of hydrogen-bond acceptors (Lipinski definition) is 4. The van der Waals surface area contributed by atoms with Crippen molar-refractivity contribution in [3.8, 4) is 11.8 Å². The van der Waals surface area contributed by atoms with Crippen molar-refractivity contribution < 1.29 is 40.3 Å². The van der Waals surface area contributed by atoms with Gasteiger partial charge in [-0.15, -0.1) is 10.2 Å². The zero-order chi connectivity index (χ0) is 28.5. The van der Waals surface area contributed by atoms with Crippen LogP contribution in [0.2, 0.25) is 0 Å². The highest BCUT2D eigenvalue weighted by molar-refractivity contribution is 6.00. The smallest absolute Gasteiger partial charge is 0.364 e. The Bertz CT molecular complexity index is 1490. The number of anilines is 1. The van der Waals surface area contributed by atoms with Crippen LogP contribution in [0.5, 0.6) is 0 Å². The van der Waals surface area contributed by atoms with Crippen LogP contribution in [0, 0.1) is 17.7 Å². The van der Waals surface area contributed by atoms with E-state index >= 15 is 0 Å². The minimum atomic E-state index is -5.18. The average Bonchev–Trinajstić information content (AvgIpc) is 2.99. The van der Waals surface area contributed by atoms with Crippen LogP contribution in [0.4, 0.5) is 36.4 Å². The van der Waals surface area contributed by atoms with Gasteiger partial charge in [0.2, 0.25) is 5.91 Å². The van der Waals surface area contributed by atoms with E-state index in [2.05, 4.69) is 22.0 Å². The van der Waals surface area contributed by atoms with Crippen molar-refractivity contribution in [1.82, 2.24) is 10.2 Å². The summed E-state index contributed by atoms with van der Waals surface area (Å²) in [5, 5.41) is 7.30. The second-order valence-electron chi connectivity index (χ2n) is 8.56. The standard InChI is InChI=1S/C26H17F7N4O2/c27-16-5-10-22-14(12-16)3-7-19(18-8-4-15(25(28,29)30)13-20(18)26(31,32)33)24(39)37(22)11-1-2-17-6-9-21(23(34)38)36-35-17/h4-6,8-10,12-13,19H,3,7,11H2,(H2,34,38). The fourth-order valence-electron chi connectivity index (χ4n) is 4.22. The summed E-state index contributed by atoms with van der Waals surface area (Å²) in [7, 11) is 0. The third-order valence-electron chi connectivity index (χ3n) is 6.03. The Morgan fingerprint density at radius 3 is 2.36 bits per heavy atom. The molecule has 0 saturated heterocycles. The lowest BCUT2D eigenvalue weighted by Gasteiger charge is -2.26. The molecule has 0 spiro atoms. The predicted octanol–water partition coefficient (Wildman–Crippen LogP) is 4.87. The molecule has 1 atom stereocenters. The van der Waals surface area contributed by atoms with Gasteiger partial charge in [0.25, 0.3) is 5.91 Å². The lowest BCUT2D eigenvalue weighted by atomic mass is 9.88. The summed E-state index contributed by atoms with van der Waals surface area (Å²) in [6, 6.07) is 7.24. The van der Waals surface area contributed by atoms with Crippen LogP contribution in [-0.2, 0) is 23.6 Å². The third-order valence-corrected chi connectivity index (χ3v) is 6.03. The van der Waals surface area contributed by atoms with E-state index in [9.17, 15) is 40.3 Å². The molecule has 13 heteroatoms. The number of fused-ring (bicyclic) bond motifs is 1. The first-order valence-electron chi connectivity index (χ1n) is 11.3. The number of aryl methyl sites for hydroxylation is 1. The highest BCUT2D eigenvalue weighted by Crippen LogP contribution is 2.42. The maximum atomic E-state index is 14.0. The lowest BCUT2D eigenvalue weighted by molar-refractivity contribution is -0.143. The molecule has 0 saturated carbocycles. The lowest BCUT2D eigenvalue weighted by Crippen LogP contribution is -2.35. The van der Waals surface area contributed by atoms with E-state index in [-0.39, 0.29) is 42.5 Å². The number of alkyl halides is 6. The van der Waals surface area contributed by atoms with Gasteiger partial charge in [0, 0.05) is 5.69 Å². The molecular weight excluding hydrogens is 533 g/mol. The second-order valence-corrected chi connectivity index (χ2v) is 8.56. The van der Waals surface area contributed by atoms with Crippen molar-refractivity contribution in [2.24, 2.45) is 5.73 Å². The van der Waals surface area contributed by atoms with Crippen molar-refractivity contribution in [2.45, 2.75) is 31.1 Å². The number of nitrogens with zero attached hydrogens (tertiary/aromatic N) is 3. The Balaban J connectivity index is 1.75. The topological polar surface area (TPSA) is 89.2 Å². The predicted molar refractivity (Wildman–Crippen MR) is 124 cm³/mol. The number of benzene rings is 2. The summed E-state index contributed by atoms with van der Waals surface area (Å²) in [6.45, 7) is -0.366. The van der Waals surface area contributed by atoms with Gasteiger partial charge in [-0.1, -0.05) is 12.0 Å². The van der Waals surface area contributed by atoms with Gasteiger partial charge in [-0.3, -0.25) is 14.5 Å². The van der Waals surface area contributed by atoms with Crippen LogP contribution in [-0.4, -0.2) is 28.6 Å². The van der Waals surface area contributed by atoms with Gasteiger partial charge in [-0.05, 0) is 72.4 Å². The van der Waals surface area contributed by atoms with Crippen molar-refractivity contribution in [1.29, 1.82) is 0 Å². The van der Waals surface area contributed by atoms with Gasteiger partial charge < -0.3 is 5.73 Å². The first kappa shape index (κ1) is 27.6. The molecule has 2 aromatic carbocycles. The molecule has 0 bridgehead atoms. The number of nitrogens with two attached hydrogens (primary N) is 1. The first-order chi connectivity index (χ1) is 18.3. The Labute approximate surface area is 216 Å². The van der Waals surface area contributed by atoms with Gasteiger partial charge in [0.1, 0.15) is 11.5 Å². The highest BCUT2D eigenvalue weighted by atomic mass is 19.4. The van der Waals surface area contributed by atoms with Crippen LogP contribution in [0.25, 0.3) is 0 Å². The molecule has 1 aliphatic rings. The van der Waals surface area contributed by atoms with Crippen LogP contribution < -0.4 is 10.6 Å². The van der Waals surface area contributed by atoms with E-state index in [1.54, 1.807) is 0 Å².